The Labute approximate surface area is 204 Å². The lowest BCUT2D eigenvalue weighted by Crippen LogP contribution is -2.49. The molecule has 0 saturated carbocycles. The highest BCUT2D eigenvalue weighted by Crippen LogP contribution is 2.30. The van der Waals surface area contributed by atoms with E-state index in [1.165, 1.54) is 18.5 Å². The van der Waals surface area contributed by atoms with E-state index in [-0.39, 0.29) is 42.3 Å². The highest BCUT2D eigenvalue weighted by molar-refractivity contribution is 5.98. The van der Waals surface area contributed by atoms with Crippen molar-refractivity contribution in [1.82, 2.24) is 24.8 Å². The van der Waals surface area contributed by atoms with E-state index in [1.54, 1.807) is 41.7 Å². The molecule has 0 unspecified atom stereocenters. The van der Waals surface area contributed by atoms with Crippen LogP contribution in [0.1, 0.15) is 29.8 Å². The van der Waals surface area contributed by atoms with E-state index in [2.05, 4.69) is 19.9 Å². The lowest BCUT2D eigenvalue weighted by Gasteiger charge is -2.37. The first-order valence-corrected chi connectivity index (χ1v) is 11.6. The van der Waals surface area contributed by atoms with Crippen molar-refractivity contribution < 1.29 is 19.0 Å². The quantitative estimate of drug-likeness (QED) is 0.557. The zero-order valence-electron chi connectivity index (χ0n) is 20.1. The van der Waals surface area contributed by atoms with Crippen LogP contribution in [0.3, 0.4) is 0 Å². The maximum absolute atomic E-state index is 13.6. The molecule has 8 nitrogen and oxygen atoms in total. The number of hydrogen-bond donors (Lipinski definition) is 1. The largest absolute Gasteiger partial charge is 0.472 e. The molecule has 3 heterocycles. The van der Waals surface area contributed by atoms with Crippen LogP contribution >= 0.6 is 0 Å². The van der Waals surface area contributed by atoms with Crippen LogP contribution in [0.25, 0.3) is 11.1 Å². The van der Waals surface area contributed by atoms with E-state index in [9.17, 15) is 14.3 Å². The lowest BCUT2D eigenvalue weighted by molar-refractivity contribution is 0.0325. The van der Waals surface area contributed by atoms with Crippen molar-refractivity contribution in [3.8, 4) is 17.0 Å². The summed E-state index contributed by atoms with van der Waals surface area (Å²) in [7, 11) is 1.99. The first-order valence-electron chi connectivity index (χ1n) is 11.6. The summed E-state index contributed by atoms with van der Waals surface area (Å²) in [6, 6.07) is 7.39. The summed E-state index contributed by atoms with van der Waals surface area (Å²) in [5.74, 6) is -0.352. The molecule has 1 amide bonds. The Morgan fingerprint density at radius 2 is 1.91 bits per heavy atom. The fraction of sp³-hybridized carbons (Fsp3) is 0.385. The fourth-order valence-corrected chi connectivity index (χ4v) is 4.22. The summed E-state index contributed by atoms with van der Waals surface area (Å²) in [6.07, 6.45) is 6.44. The number of pyridine rings is 1. The highest BCUT2D eigenvalue weighted by atomic mass is 19.1. The van der Waals surface area contributed by atoms with Gasteiger partial charge in [0, 0.05) is 55.3 Å². The van der Waals surface area contributed by atoms with Crippen molar-refractivity contribution in [2.75, 3.05) is 26.7 Å². The molecule has 1 N–H and O–H groups in total. The topological polar surface area (TPSA) is 91.7 Å². The summed E-state index contributed by atoms with van der Waals surface area (Å²) in [4.78, 5) is 30.0. The first-order chi connectivity index (χ1) is 16.9. The molecule has 0 fully saturated rings. The number of hydrogen-bond acceptors (Lipinski definition) is 7. The molecule has 9 heteroatoms. The van der Waals surface area contributed by atoms with E-state index in [0.29, 0.717) is 30.8 Å². The van der Waals surface area contributed by atoms with Gasteiger partial charge in [0.15, 0.2) is 0 Å². The minimum Gasteiger partial charge on any atom is -0.472 e. The van der Waals surface area contributed by atoms with Crippen LogP contribution in [-0.2, 0) is 6.54 Å². The minimum absolute atomic E-state index is 0.0193. The van der Waals surface area contributed by atoms with Crippen LogP contribution < -0.4 is 4.74 Å². The summed E-state index contributed by atoms with van der Waals surface area (Å²) >= 11 is 0. The molecule has 1 aliphatic heterocycles. The SMILES string of the molecule is C[C@@H]1CN([C@H](C)CO)C(=O)c2cc(-c3ccc(F)cc3)cnc2O[C@@H]1CN(C)Cc1cncnc1. The fourth-order valence-electron chi connectivity index (χ4n) is 4.22. The molecule has 4 rings (SSSR count). The van der Waals surface area contributed by atoms with E-state index >= 15 is 0 Å². The average Bonchev–Trinajstić information content (AvgIpc) is 2.86. The van der Waals surface area contributed by atoms with Gasteiger partial charge in [0.2, 0.25) is 5.88 Å². The predicted octanol–water partition coefficient (Wildman–Crippen LogP) is 3.03. The Bertz CT molecular complexity index is 1150. The second-order valence-electron chi connectivity index (χ2n) is 9.15. The molecule has 3 aromatic rings. The van der Waals surface area contributed by atoms with Crippen molar-refractivity contribution in [1.29, 1.82) is 0 Å². The molecule has 2 aromatic heterocycles. The standard InChI is InChI=1S/C26H30FN5O3/c1-17-12-32(18(2)15-33)26(34)23-8-21(20-4-6-22(27)7-5-20)11-30-25(23)35-24(17)14-31(3)13-19-9-28-16-29-10-19/h4-11,16-18,24,33H,12-15H2,1-3H3/t17-,18-,24-/m1/s1. The first kappa shape index (κ1) is 24.7. The van der Waals surface area contributed by atoms with Gasteiger partial charge in [0.1, 0.15) is 23.8 Å². The van der Waals surface area contributed by atoms with Crippen LogP contribution in [0, 0.1) is 11.7 Å². The van der Waals surface area contributed by atoms with Crippen LogP contribution in [0.5, 0.6) is 5.88 Å². The van der Waals surface area contributed by atoms with Gasteiger partial charge in [-0.1, -0.05) is 19.1 Å². The number of nitrogens with zero attached hydrogens (tertiary/aromatic N) is 5. The summed E-state index contributed by atoms with van der Waals surface area (Å²) in [5, 5.41) is 9.84. The van der Waals surface area contributed by atoms with Crippen molar-refractivity contribution >= 4 is 5.91 Å². The van der Waals surface area contributed by atoms with Crippen LogP contribution in [0.15, 0.2) is 55.2 Å². The van der Waals surface area contributed by atoms with Gasteiger partial charge in [-0.15, -0.1) is 0 Å². The number of aliphatic hydroxyl groups excluding tert-OH is 1. The summed E-state index contributed by atoms with van der Waals surface area (Å²) in [5.41, 5.74) is 2.74. The third-order valence-electron chi connectivity index (χ3n) is 6.26. The second-order valence-corrected chi connectivity index (χ2v) is 9.15. The number of rotatable bonds is 7. The van der Waals surface area contributed by atoms with Crippen molar-refractivity contribution in [2.45, 2.75) is 32.5 Å². The zero-order chi connectivity index (χ0) is 24.9. The minimum atomic E-state index is -0.370. The molecule has 1 aliphatic rings. The molecule has 35 heavy (non-hydrogen) atoms. The Balaban J connectivity index is 1.65. The number of carbonyl (C=O) groups is 1. The van der Waals surface area contributed by atoms with Crippen molar-refractivity contribution in [2.24, 2.45) is 5.92 Å². The number of carbonyl (C=O) groups excluding carboxylic acids is 1. The second kappa shape index (κ2) is 10.9. The van der Waals surface area contributed by atoms with E-state index < -0.39 is 0 Å². The molecule has 3 atom stereocenters. The van der Waals surface area contributed by atoms with Crippen LogP contribution in [0.2, 0.25) is 0 Å². The molecular weight excluding hydrogens is 449 g/mol. The Hall–Kier alpha value is -3.43. The van der Waals surface area contributed by atoms with Crippen molar-refractivity contribution in [3.05, 3.63) is 72.2 Å². The van der Waals surface area contributed by atoms with Gasteiger partial charge in [-0.25, -0.2) is 19.3 Å². The maximum atomic E-state index is 13.6. The van der Waals surface area contributed by atoms with Gasteiger partial charge in [-0.3, -0.25) is 9.69 Å². The van der Waals surface area contributed by atoms with Gasteiger partial charge in [-0.05, 0) is 37.7 Å². The van der Waals surface area contributed by atoms with Gasteiger partial charge in [0.05, 0.1) is 12.6 Å². The summed E-state index contributed by atoms with van der Waals surface area (Å²) in [6.45, 7) is 5.36. The molecule has 184 valence electrons. The van der Waals surface area contributed by atoms with E-state index in [4.69, 9.17) is 4.74 Å². The molecule has 1 aromatic carbocycles. The average molecular weight is 480 g/mol. The molecule has 0 saturated heterocycles. The number of benzene rings is 1. The van der Waals surface area contributed by atoms with Crippen LogP contribution in [-0.4, -0.2) is 74.7 Å². The number of aliphatic hydroxyl groups is 1. The molecular formula is C26H30FN5O3. The Morgan fingerprint density at radius 3 is 2.60 bits per heavy atom. The Kier molecular flexibility index (Phi) is 7.67. The number of ether oxygens (including phenoxy) is 1. The molecule has 0 radical (unpaired) electrons. The third kappa shape index (κ3) is 5.80. The maximum Gasteiger partial charge on any atom is 0.259 e. The van der Waals surface area contributed by atoms with Gasteiger partial charge < -0.3 is 14.7 Å². The number of amides is 1. The molecule has 0 aliphatic carbocycles. The smallest absolute Gasteiger partial charge is 0.259 e. The number of fused-ring (bicyclic) bond motifs is 1. The Morgan fingerprint density at radius 1 is 1.20 bits per heavy atom. The normalized spacial score (nSPS) is 19.0. The van der Waals surface area contributed by atoms with E-state index in [1.807, 2.05) is 20.9 Å². The predicted molar refractivity (Wildman–Crippen MR) is 129 cm³/mol. The molecule has 0 spiro atoms. The highest BCUT2D eigenvalue weighted by Gasteiger charge is 2.34. The van der Waals surface area contributed by atoms with E-state index in [0.717, 1.165) is 11.1 Å². The van der Waals surface area contributed by atoms with Gasteiger partial charge in [0.25, 0.3) is 5.91 Å². The molecule has 0 bridgehead atoms. The number of halogens is 1. The zero-order valence-corrected chi connectivity index (χ0v) is 20.1. The van der Waals surface area contributed by atoms with Gasteiger partial charge in [-0.2, -0.15) is 0 Å². The van der Waals surface area contributed by atoms with Crippen molar-refractivity contribution in [3.63, 3.8) is 0 Å². The number of aromatic nitrogens is 3. The number of likely N-dealkylation sites (N-methyl/N-ethyl adjacent to an activating group) is 1. The monoisotopic (exact) mass is 479 g/mol. The van der Waals surface area contributed by atoms with Crippen LogP contribution in [0.4, 0.5) is 4.39 Å². The lowest BCUT2D eigenvalue weighted by atomic mass is 9.99. The van der Waals surface area contributed by atoms with Gasteiger partial charge >= 0.3 is 0 Å². The third-order valence-corrected chi connectivity index (χ3v) is 6.26. The summed E-state index contributed by atoms with van der Waals surface area (Å²) < 4.78 is 19.8.